The number of aryl methyl sites for hydroxylation is 1. The van der Waals surface area contributed by atoms with Crippen LogP contribution in [0.1, 0.15) is 49.6 Å². The van der Waals surface area contributed by atoms with E-state index < -0.39 is 0 Å². The molecule has 23 heavy (non-hydrogen) atoms. The van der Waals surface area contributed by atoms with E-state index in [1.54, 1.807) is 0 Å². The summed E-state index contributed by atoms with van der Waals surface area (Å²) in [4.78, 5) is 6.77. The predicted molar refractivity (Wildman–Crippen MR) is 87.7 cm³/mol. The number of likely N-dealkylation sites (tertiary alicyclic amines) is 1. The van der Waals surface area contributed by atoms with E-state index in [1.165, 1.54) is 0 Å². The van der Waals surface area contributed by atoms with Crippen molar-refractivity contribution in [1.29, 1.82) is 0 Å². The van der Waals surface area contributed by atoms with Gasteiger partial charge in [0.15, 0.2) is 5.82 Å². The molecule has 0 amide bonds. The van der Waals surface area contributed by atoms with Gasteiger partial charge in [0, 0.05) is 6.42 Å². The second-order valence-electron chi connectivity index (χ2n) is 6.32. The van der Waals surface area contributed by atoms with E-state index in [1.807, 2.05) is 30.3 Å². The van der Waals surface area contributed by atoms with Gasteiger partial charge in [-0.3, -0.25) is 4.90 Å². The number of rotatable bonds is 6. The van der Waals surface area contributed by atoms with Crippen molar-refractivity contribution >= 4 is 0 Å². The highest BCUT2D eigenvalue weighted by Crippen LogP contribution is 2.30. The first-order chi connectivity index (χ1) is 11.3. The first kappa shape index (κ1) is 16.1. The van der Waals surface area contributed by atoms with Crippen LogP contribution >= 0.6 is 0 Å². The molecule has 1 saturated heterocycles. The van der Waals surface area contributed by atoms with Crippen molar-refractivity contribution in [3.63, 3.8) is 0 Å². The average Bonchev–Trinajstić information content (AvgIpc) is 3.03. The molecule has 1 aliphatic rings. The van der Waals surface area contributed by atoms with Crippen LogP contribution in [0, 0.1) is 5.92 Å². The van der Waals surface area contributed by atoms with Gasteiger partial charge in [0.05, 0.1) is 12.6 Å². The van der Waals surface area contributed by atoms with E-state index >= 15 is 0 Å². The van der Waals surface area contributed by atoms with E-state index in [9.17, 15) is 5.11 Å². The van der Waals surface area contributed by atoms with Gasteiger partial charge in [0.25, 0.3) is 0 Å². The maximum atomic E-state index is 10.5. The van der Waals surface area contributed by atoms with Crippen molar-refractivity contribution in [3.8, 4) is 0 Å². The summed E-state index contributed by atoms with van der Waals surface area (Å²) in [6.07, 6.45) is 3.49. The molecule has 1 aliphatic heterocycles. The van der Waals surface area contributed by atoms with Gasteiger partial charge in [0.1, 0.15) is 0 Å². The van der Waals surface area contributed by atoms with E-state index in [0.717, 1.165) is 62.6 Å². The topological polar surface area (TPSA) is 62.4 Å². The Morgan fingerprint density at radius 1 is 1.26 bits per heavy atom. The summed E-state index contributed by atoms with van der Waals surface area (Å²) in [6.45, 7) is 4.77. The second-order valence-corrected chi connectivity index (χ2v) is 6.32. The molecular weight excluding hydrogens is 290 g/mol. The molecule has 124 valence electrons. The number of aromatic nitrogens is 2. The van der Waals surface area contributed by atoms with Gasteiger partial charge >= 0.3 is 0 Å². The monoisotopic (exact) mass is 315 g/mol. The van der Waals surface area contributed by atoms with Gasteiger partial charge in [-0.25, -0.2) is 0 Å². The summed E-state index contributed by atoms with van der Waals surface area (Å²) < 4.78 is 5.24. The van der Waals surface area contributed by atoms with Crippen LogP contribution < -0.4 is 0 Å². The number of aliphatic hydroxyl groups is 1. The molecule has 5 heteroatoms. The fraction of sp³-hybridized carbons (Fsp3) is 0.556. The minimum Gasteiger partial charge on any atom is -0.388 e. The van der Waals surface area contributed by atoms with Crippen LogP contribution in [0.2, 0.25) is 0 Å². The third kappa shape index (κ3) is 4.18. The van der Waals surface area contributed by atoms with Crippen molar-refractivity contribution in [2.75, 3.05) is 13.1 Å². The third-order valence-electron chi connectivity index (χ3n) is 4.56. The minimum atomic E-state index is -0.361. The SMILES string of the molecule is CCCc1nc(CN2CCC(C(O)c3ccccc3)CC2)no1. The Bertz CT molecular complexity index is 591. The van der Waals surface area contributed by atoms with Crippen molar-refractivity contribution in [1.82, 2.24) is 15.0 Å². The van der Waals surface area contributed by atoms with Gasteiger partial charge in [-0.1, -0.05) is 42.4 Å². The highest BCUT2D eigenvalue weighted by atomic mass is 16.5. The second kappa shape index (κ2) is 7.70. The summed E-state index contributed by atoms with van der Waals surface area (Å²) >= 11 is 0. The average molecular weight is 315 g/mol. The molecular formula is C18H25N3O2. The summed E-state index contributed by atoms with van der Waals surface area (Å²) in [6, 6.07) is 9.96. The molecule has 1 N–H and O–H groups in total. The van der Waals surface area contributed by atoms with Gasteiger partial charge in [-0.15, -0.1) is 0 Å². The molecule has 2 aromatic rings. The van der Waals surface area contributed by atoms with Gasteiger partial charge in [-0.2, -0.15) is 4.98 Å². The van der Waals surface area contributed by atoms with Crippen molar-refractivity contribution < 1.29 is 9.63 Å². The molecule has 0 aliphatic carbocycles. The molecule has 1 aromatic carbocycles. The van der Waals surface area contributed by atoms with Gasteiger partial charge < -0.3 is 9.63 Å². The number of hydrogen-bond acceptors (Lipinski definition) is 5. The maximum Gasteiger partial charge on any atom is 0.226 e. The lowest BCUT2D eigenvalue weighted by atomic mass is 9.87. The van der Waals surface area contributed by atoms with Crippen molar-refractivity contribution in [2.24, 2.45) is 5.92 Å². The molecule has 5 nitrogen and oxygen atoms in total. The molecule has 1 aromatic heterocycles. The van der Waals surface area contributed by atoms with Crippen LogP contribution in [0.15, 0.2) is 34.9 Å². The van der Waals surface area contributed by atoms with Gasteiger partial charge in [0.2, 0.25) is 5.89 Å². The quantitative estimate of drug-likeness (QED) is 0.888. The Balaban J connectivity index is 1.50. The standard InChI is InChI=1S/C18H25N3O2/c1-2-6-17-19-16(20-23-17)13-21-11-9-15(10-12-21)18(22)14-7-4-3-5-8-14/h3-5,7-8,15,18,22H,2,6,9-13H2,1H3. The van der Waals surface area contributed by atoms with E-state index in [4.69, 9.17) is 4.52 Å². The Morgan fingerprint density at radius 3 is 2.70 bits per heavy atom. The predicted octanol–water partition coefficient (Wildman–Crippen LogP) is 2.97. The van der Waals surface area contributed by atoms with Crippen molar-refractivity contribution in [2.45, 2.75) is 45.3 Å². The molecule has 1 unspecified atom stereocenters. The fourth-order valence-corrected chi connectivity index (χ4v) is 3.22. The molecule has 0 bridgehead atoms. The Kier molecular flexibility index (Phi) is 5.41. The number of hydrogen-bond donors (Lipinski definition) is 1. The molecule has 3 rings (SSSR count). The minimum absolute atomic E-state index is 0.328. The Hall–Kier alpha value is -1.72. The van der Waals surface area contributed by atoms with E-state index in [0.29, 0.717) is 5.92 Å². The smallest absolute Gasteiger partial charge is 0.226 e. The highest BCUT2D eigenvalue weighted by Gasteiger charge is 2.26. The number of piperidine rings is 1. The zero-order chi connectivity index (χ0) is 16.1. The van der Waals surface area contributed by atoms with Crippen LogP contribution in [0.5, 0.6) is 0 Å². The summed E-state index contributed by atoms with van der Waals surface area (Å²) in [5.41, 5.74) is 1.02. The number of benzene rings is 1. The molecule has 1 fully saturated rings. The van der Waals surface area contributed by atoms with Gasteiger partial charge in [-0.05, 0) is 43.8 Å². The maximum absolute atomic E-state index is 10.5. The number of aliphatic hydroxyl groups excluding tert-OH is 1. The third-order valence-corrected chi connectivity index (χ3v) is 4.56. The van der Waals surface area contributed by atoms with Crippen LogP contribution in [-0.2, 0) is 13.0 Å². The zero-order valence-electron chi connectivity index (χ0n) is 13.7. The Morgan fingerprint density at radius 2 is 2.00 bits per heavy atom. The summed E-state index contributed by atoms with van der Waals surface area (Å²) in [7, 11) is 0. The fourth-order valence-electron chi connectivity index (χ4n) is 3.22. The Labute approximate surface area is 137 Å². The molecule has 1 atom stereocenters. The first-order valence-electron chi connectivity index (χ1n) is 8.53. The lowest BCUT2D eigenvalue weighted by Crippen LogP contribution is -2.35. The summed E-state index contributed by atoms with van der Waals surface area (Å²) in [5.74, 6) is 1.84. The van der Waals surface area contributed by atoms with Crippen LogP contribution in [0.25, 0.3) is 0 Å². The van der Waals surface area contributed by atoms with Crippen LogP contribution in [0.4, 0.5) is 0 Å². The van der Waals surface area contributed by atoms with Crippen molar-refractivity contribution in [3.05, 3.63) is 47.6 Å². The lowest BCUT2D eigenvalue weighted by Gasteiger charge is -2.33. The van der Waals surface area contributed by atoms with Crippen LogP contribution in [0.3, 0.4) is 0 Å². The molecule has 0 radical (unpaired) electrons. The normalized spacial score (nSPS) is 18.2. The molecule has 0 spiro atoms. The number of nitrogens with zero attached hydrogens (tertiary/aromatic N) is 3. The largest absolute Gasteiger partial charge is 0.388 e. The van der Waals surface area contributed by atoms with E-state index in [-0.39, 0.29) is 6.10 Å². The van der Waals surface area contributed by atoms with E-state index in [2.05, 4.69) is 22.0 Å². The summed E-state index contributed by atoms with van der Waals surface area (Å²) in [5, 5.41) is 14.6. The first-order valence-corrected chi connectivity index (χ1v) is 8.53. The lowest BCUT2D eigenvalue weighted by molar-refractivity contribution is 0.0558. The molecule has 2 heterocycles. The zero-order valence-corrected chi connectivity index (χ0v) is 13.7. The molecule has 0 saturated carbocycles. The van der Waals surface area contributed by atoms with Crippen LogP contribution in [-0.4, -0.2) is 33.2 Å². The highest BCUT2D eigenvalue weighted by molar-refractivity contribution is 5.18.